The van der Waals surface area contributed by atoms with Crippen LogP contribution in [0.2, 0.25) is 0 Å². The van der Waals surface area contributed by atoms with Crippen molar-refractivity contribution in [1.82, 2.24) is 34.9 Å². The number of fused-ring (bicyclic) bond motifs is 1. The highest BCUT2D eigenvalue weighted by Gasteiger charge is 2.38. The summed E-state index contributed by atoms with van der Waals surface area (Å²) in [6.07, 6.45) is 4.02. The SMILES string of the molecule is Cn1cc(CN2CCCc3c(-c4nc(N[C@H]5CCC(C)(C)NC5)ncc4C(F)(F)F)c[nH]c3C2=O)cn1. The Morgan fingerprint density at radius 3 is 2.76 bits per heavy atom. The number of amides is 1. The number of alkyl halides is 3. The van der Waals surface area contributed by atoms with Gasteiger partial charge in [-0.1, -0.05) is 0 Å². The van der Waals surface area contributed by atoms with Crippen molar-refractivity contribution in [3.8, 4) is 11.3 Å². The van der Waals surface area contributed by atoms with Gasteiger partial charge in [-0.25, -0.2) is 9.97 Å². The molecule has 198 valence electrons. The molecule has 0 aliphatic carbocycles. The Labute approximate surface area is 212 Å². The largest absolute Gasteiger partial charge is 0.419 e. The highest BCUT2D eigenvalue weighted by atomic mass is 19.4. The average molecular weight is 517 g/mol. The molecule has 5 heterocycles. The zero-order valence-electron chi connectivity index (χ0n) is 21.1. The Kier molecular flexibility index (Phi) is 6.47. The van der Waals surface area contributed by atoms with Gasteiger partial charge in [0, 0.05) is 68.0 Å². The summed E-state index contributed by atoms with van der Waals surface area (Å²) in [5.41, 5.74) is 0.896. The summed E-state index contributed by atoms with van der Waals surface area (Å²) in [6.45, 7) is 5.76. The van der Waals surface area contributed by atoms with Gasteiger partial charge in [0.15, 0.2) is 0 Å². The smallest absolute Gasteiger partial charge is 0.356 e. The van der Waals surface area contributed by atoms with Crippen molar-refractivity contribution >= 4 is 11.9 Å². The molecule has 0 saturated carbocycles. The van der Waals surface area contributed by atoms with Crippen molar-refractivity contribution in [1.29, 1.82) is 0 Å². The lowest BCUT2D eigenvalue weighted by molar-refractivity contribution is -0.137. The Morgan fingerprint density at radius 2 is 2.08 bits per heavy atom. The zero-order valence-corrected chi connectivity index (χ0v) is 21.1. The molecule has 3 aromatic rings. The zero-order chi connectivity index (χ0) is 26.4. The number of aryl methyl sites for hydroxylation is 1. The van der Waals surface area contributed by atoms with E-state index in [0.29, 0.717) is 43.7 Å². The van der Waals surface area contributed by atoms with Crippen LogP contribution < -0.4 is 10.6 Å². The highest BCUT2D eigenvalue weighted by molar-refractivity contribution is 5.96. The van der Waals surface area contributed by atoms with Crippen molar-refractivity contribution in [2.75, 3.05) is 18.4 Å². The molecule has 3 aromatic heterocycles. The molecule has 9 nitrogen and oxygen atoms in total. The maximum atomic E-state index is 14.0. The molecular formula is C25H31F3N8O. The van der Waals surface area contributed by atoms with Crippen LogP contribution in [0.4, 0.5) is 19.1 Å². The fourth-order valence-corrected chi connectivity index (χ4v) is 5.04. The number of hydrogen-bond donors (Lipinski definition) is 3. The Balaban J connectivity index is 1.45. The van der Waals surface area contributed by atoms with Crippen molar-refractivity contribution in [3.63, 3.8) is 0 Å². The predicted molar refractivity (Wildman–Crippen MR) is 132 cm³/mol. The third-order valence-electron chi connectivity index (χ3n) is 7.10. The van der Waals surface area contributed by atoms with Crippen LogP contribution in [-0.4, -0.2) is 60.2 Å². The molecular weight excluding hydrogens is 485 g/mol. The van der Waals surface area contributed by atoms with E-state index in [0.717, 1.165) is 24.6 Å². The Bertz CT molecular complexity index is 1290. The van der Waals surface area contributed by atoms with Crippen LogP contribution in [0.25, 0.3) is 11.3 Å². The van der Waals surface area contributed by atoms with Gasteiger partial charge in [-0.3, -0.25) is 9.48 Å². The van der Waals surface area contributed by atoms with Gasteiger partial charge in [0.1, 0.15) is 11.3 Å². The molecule has 1 amide bonds. The number of aromatic nitrogens is 5. The quantitative estimate of drug-likeness (QED) is 0.477. The number of rotatable bonds is 5. The Morgan fingerprint density at radius 1 is 1.27 bits per heavy atom. The van der Waals surface area contributed by atoms with Crippen LogP contribution >= 0.6 is 0 Å². The van der Waals surface area contributed by atoms with Gasteiger partial charge in [0.25, 0.3) is 5.91 Å². The van der Waals surface area contributed by atoms with Crippen LogP contribution in [0.1, 0.15) is 60.3 Å². The van der Waals surface area contributed by atoms with Gasteiger partial charge in [0.05, 0.1) is 11.9 Å². The van der Waals surface area contributed by atoms with E-state index in [1.807, 2.05) is 6.20 Å². The van der Waals surface area contributed by atoms with E-state index in [4.69, 9.17) is 0 Å². The second-order valence-corrected chi connectivity index (χ2v) is 10.5. The van der Waals surface area contributed by atoms with E-state index >= 15 is 0 Å². The second-order valence-electron chi connectivity index (χ2n) is 10.5. The molecule has 1 fully saturated rings. The first-order valence-corrected chi connectivity index (χ1v) is 12.4. The number of hydrogen-bond acceptors (Lipinski definition) is 6. The minimum absolute atomic E-state index is 0.00330. The van der Waals surface area contributed by atoms with E-state index in [-0.39, 0.29) is 34.7 Å². The van der Waals surface area contributed by atoms with Crippen LogP contribution in [-0.2, 0) is 26.2 Å². The predicted octanol–water partition coefficient (Wildman–Crippen LogP) is 3.76. The van der Waals surface area contributed by atoms with Gasteiger partial charge >= 0.3 is 6.18 Å². The van der Waals surface area contributed by atoms with Crippen LogP contribution in [0, 0.1) is 0 Å². The highest BCUT2D eigenvalue weighted by Crippen LogP contribution is 2.39. The summed E-state index contributed by atoms with van der Waals surface area (Å²) in [6, 6.07) is 0.00330. The van der Waals surface area contributed by atoms with E-state index in [1.165, 1.54) is 6.20 Å². The number of halogens is 3. The number of H-pyrrole nitrogens is 1. The van der Waals surface area contributed by atoms with Crippen molar-refractivity contribution in [3.05, 3.63) is 47.2 Å². The molecule has 1 atom stereocenters. The van der Waals surface area contributed by atoms with Crippen LogP contribution in [0.5, 0.6) is 0 Å². The van der Waals surface area contributed by atoms with E-state index in [2.05, 4.69) is 44.5 Å². The standard InChI is InChI=1S/C25H31F3N8O/c1-24(2)7-6-16(10-31-24)33-23-30-12-19(25(26,27)28)20(34-23)18-11-29-21-17(18)5-4-8-36(22(21)37)14-15-9-32-35(3)13-15/h9,11-13,16,29,31H,4-8,10,14H2,1-3H3,(H,30,33,34)/t16-/m0/s1. The number of nitrogens with zero attached hydrogens (tertiary/aromatic N) is 5. The normalized spacial score (nSPS) is 20.0. The topological polar surface area (TPSA) is 104 Å². The number of carbonyl (C=O) groups excluding carboxylic acids is 1. The minimum atomic E-state index is -4.64. The number of aromatic amines is 1. The van der Waals surface area contributed by atoms with Crippen molar-refractivity contribution < 1.29 is 18.0 Å². The van der Waals surface area contributed by atoms with Crippen LogP contribution in [0.15, 0.2) is 24.8 Å². The number of carbonyl (C=O) groups is 1. The Hall–Kier alpha value is -3.41. The molecule has 0 spiro atoms. The number of piperidine rings is 1. The van der Waals surface area contributed by atoms with Gasteiger partial charge in [-0.15, -0.1) is 0 Å². The maximum Gasteiger partial charge on any atom is 0.419 e. The lowest BCUT2D eigenvalue weighted by atomic mass is 9.91. The molecule has 3 N–H and O–H groups in total. The summed E-state index contributed by atoms with van der Waals surface area (Å²) < 4.78 is 43.7. The monoisotopic (exact) mass is 516 g/mol. The second kappa shape index (κ2) is 9.47. The molecule has 2 aliphatic heterocycles. The molecule has 0 radical (unpaired) electrons. The van der Waals surface area contributed by atoms with E-state index in [9.17, 15) is 18.0 Å². The third-order valence-corrected chi connectivity index (χ3v) is 7.10. The summed E-state index contributed by atoms with van der Waals surface area (Å²) in [5.74, 6) is -0.109. The van der Waals surface area contributed by atoms with Crippen LogP contribution in [0.3, 0.4) is 0 Å². The van der Waals surface area contributed by atoms with Crippen molar-refractivity contribution in [2.45, 2.75) is 63.8 Å². The third kappa shape index (κ3) is 5.34. The molecule has 37 heavy (non-hydrogen) atoms. The molecule has 0 unspecified atom stereocenters. The van der Waals surface area contributed by atoms with E-state index < -0.39 is 11.7 Å². The molecule has 0 bridgehead atoms. The molecule has 1 saturated heterocycles. The minimum Gasteiger partial charge on any atom is -0.356 e. The molecule has 0 aromatic carbocycles. The number of nitrogens with one attached hydrogen (secondary N) is 3. The summed E-state index contributed by atoms with van der Waals surface area (Å²) in [4.78, 5) is 26.3. The first-order valence-electron chi connectivity index (χ1n) is 12.4. The summed E-state index contributed by atoms with van der Waals surface area (Å²) in [7, 11) is 1.80. The fraction of sp³-hybridized carbons (Fsp3) is 0.520. The number of anilines is 1. The summed E-state index contributed by atoms with van der Waals surface area (Å²) >= 11 is 0. The first-order chi connectivity index (χ1) is 17.5. The fourth-order valence-electron chi connectivity index (χ4n) is 5.04. The lowest BCUT2D eigenvalue weighted by Gasteiger charge is -2.36. The lowest BCUT2D eigenvalue weighted by Crippen LogP contribution is -2.50. The van der Waals surface area contributed by atoms with E-state index in [1.54, 1.807) is 22.8 Å². The molecule has 5 rings (SSSR count). The summed E-state index contributed by atoms with van der Waals surface area (Å²) in [5, 5.41) is 10.8. The van der Waals surface area contributed by atoms with Gasteiger partial charge in [-0.2, -0.15) is 18.3 Å². The van der Waals surface area contributed by atoms with Gasteiger partial charge < -0.3 is 20.5 Å². The molecule has 12 heteroatoms. The molecule has 2 aliphatic rings. The first kappa shape index (κ1) is 25.2. The average Bonchev–Trinajstić information content (AvgIpc) is 3.40. The van der Waals surface area contributed by atoms with Gasteiger partial charge in [-0.05, 0) is 45.1 Å². The maximum absolute atomic E-state index is 14.0. The van der Waals surface area contributed by atoms with Gasteiger partial charge in [0.2, 0.25) is 5.95 Å². The van der Waals surface area contributed by atoms with Crippen molar-refractivity contribution in [2.24, 2.45) is 7.05 Å².